The fourth-order valence-corrected chi connectivity index (χ4v) is 6.72. The number of pyridine rings is 1. The highest BCUT2D eigenvalue weighted by Crippen LogP contribution is 2.35. The van der Waals surface area contributed by atoms with Crippen LogP contribution < -0.4 is 15.8 Å². The Bertz CT molecular complexity index is 1760. The van der Waals surface area contributed by atoms with Gasteiger partial charge in [0.05, 0.1) is 36.2 Å². The van der Waals surface area contributed by atoms with Gasteiger partial charge in [0.2, 0.25) is 5.91 Å². The van der Waals surface area contributed by atoms with Crippen molar-refractivity contribution in [3.05, 3.63) is 41.6 Å². The van der Waals surface area contributed by atoms with Gasteiger partial charge in [0.1, 0.15) is 16.9 Å². The van der Waals surface area contributed by atoms with Crippen molar-refractivity contribution >= 4 is 33.9 Å². The van der Waals surface area contributed by atoms with E-state index in [1.165, 1.54) is 0 Å². The predicted molar refractivity (Wildman–Crippen MR) is 174 cm³/mol. The summed E-state index contributed by atoms with van der Waals surface area (Å²) < 4.78 is 10.1. The van der Waals surface area contributed by atoms with Gasteiger partial charge < -0.3 is 34.9 Å². The summed E-state index contributed by atoms with van der Waals surface area (Å²) in [6, 6.07) is 9.05. The number of nitrogens with one attached hydrogen (secondary N) is 1. The maximum Gasteiger partial charge on any atom is 0.254 e. The van der Waals surface area contributed by atoms with Crippen molar-refractivity contribution in [2.24, 2.45) is 18.2 Å². The minimum Gasteiger partial charge on any atom is -0.494 e. The van der Waals surface area contributed by atoms with E-state index in [9.17, 15) is 14.7 Å². The number of aliphatic hydroxyl groups excluding tert-OH is 1. The number of aryl methyl sites for hydroxylation is 2. The highest BCUT2D eigenvalue weighted by molar-refractivity contribution is 6.00. The first-order valence-electron chi connectivity index (χ1n) is 16.1. The van der Waals surface area contributed by atoms with E-state index in [-0.39, 0.29) is 17.9 Å². The third kappa shape index (κ3) is 5.79. The molecule has 0 saturated carbocycles. The number of methoxy groups -OCH3 is 1. The fourth-order valence-electron chi connectivity index (χ4n) is 6.72. The second-order valence-electron chi connectivity index (χ2n) is 13.4. The van der Waals surface area contributed by atoms with Crippen LogP contribution in [0.3, 0.4) is 0 Å². The Morgan fingerprint density at radius 2 is 1.89 bits per heavy atom. The monoisotopic (exact) mass is 615 g/mol. The highest BCUT2D eigenvalue weighted by atomic mass is 16.5. The minimum absolute atomic E-state index is 0.0530. The van der Waals surface area contributed by atoms with Crippen LogP contribution in [0.2, 0.25) is 0 Å². The van der Waals surface area contributed by atoms with Gasteiger partial charge in [0.25, 0.3) is 5.91 Å². The van der Waals surface area contributed by atoms with Crippen LogP contribution in [0.4, 0.5) is 0 Å². The minimum atomic E-state index is -0.604. The van der Waals surface area contributed by atoms with E-state index in [2.05, 4.69) is 22.0 Å². The lowest BCUT2D eigenvalue weighted by molar-refractivity contribution is -0.130. The first kappa shape index (κ1) is 31.0. The quantitative estimate of drug-likeness (QED) is 0.312. The van der Waals surface area contributed by atoms with E-state index >= 15 is 0 Å². The maximum absolute atomic E-state index is 13.5. The van der Waals surface area contributed by atoms with Gasteiger partial charge in [-0.15, -0.1) is 0 Å². The maximum atomic E-state index is 13.5. The summed E-state index contributed by atoms with van der Waals surface area (Å²) >= 11 is 0. The molecule has 2 amide bonds. The number of amides is 2. The number of nitrogens with two attached hydrogens (primary N) is 1. The standard InChI is InChI=1S/C34H45N7O4/c1-20-24-11-10-21-17-26(41(30(21)37-24)14-9-7-6-8-13-34(2,3)33(44)36-20)31-38-25-16-22(18-28(45-5)29(25)39(31)4)32(43)40-15-12-27(42)23(35)19-40/h10-11,16-18,20,23,27,42H,6-9,12-15,19,35H2,1-5H3,(H,36,44)/t20-,23+,27-/m1/s1. The molecule has 2 aliphatic heterocycles. The van der Waals surface area contributed by atoms with Gasteiger partial charge in [0.15, 0.2) is 5.82 Å². The van der Waals surface area contributed by atoms with Crippen molar-refractivity contribution in [2.45, 2.75) is 84.0 Å². The number of aromatic nitrogens is 4. The van der Waals surface area contributed by atoms with Gasteiger partial charge in [-0.2, -0.15) is 0 Å². The van der Waals surface area contributed by atoms with E-state index in [4.69, 9.17) is 20.4 Å². The largest absolute Gasteiger partial charge is 0.494 e. The van der Waals surface area contributed by atoms with E-state index in [1.54, 1.807) is 18.1 Å². The molecule has 0 aliphatic carbocycles. The van der Waals surface area contributed by atoms with Crippen LogP contribution in [0, 0.1) is 5.41 Å². The molecule has 3 aromatic heterocycles. The number of imidazole rings is 1. The lowest BCUT2D eigenvalue weighted by Gasteiger charge is -2.34. The van der Waals surface area contributed by atoms with Crippen LogP contribution in [0.1, 0.15) is 81.4 Å². The number of hydrogen-bond acceptors (Lipinski definition) is 7. The molecule has 2 aliphatic rings. The molecule has 4 aromatic rings. The summed E-state index contributed by atoms with van der Waals surface area (Å²) in [7, 11) is 3.56. The average molecular weight is 616 g/mol. The molecule has 5 heterocycles. The lowest BCUT2D eigenvalue weighted by Crippen LogP contribution is -2.53. The molecule has 3 atom stereocenters. The molecule has 4 N–H and O–H groups in total. The van der Waals surface area contributed by atoms with Crippen LogP contribution >= 0.6 is 0 Å². The molecule has 1 saturated heterocycles. The summed E-state index contributed by atoms with van der Waals surface area (Å²) in [6.45, 7) is 7.55. The fraction of sp³-hybridized carbons (Fsp3) is 0.529. The number of nitrogens with zero attached hydrogens (tertiary/aromatic N) is 5. The van der Waals surface area contributed by atoms with E-state index in [0.717, 1.165) is 72.4 Å². The first-order valence-corrected chi connectivity index (χ1v) is 16.1. The molecule has 240 valence electrons. The third-order valence-corrected chi connectivity index (χ3v) is 9.64. The van der Waals surface area contributed by atoms with Crippen LogP contribution in [-0.2, 0) is 18.4 Å². The average Bonchev–Trinajstić information content (AvgIpc) is 3.55. The Morgan fingerprint density at radius 1 is 1.11 bits per heavy atom. The molecule has 45 heavy (non-hydrogen) atoms. The number of likely N-dealkylation sites (tertiary alicyclic amines) is 1. The molecule has 1 fully saturated rings. The van der Waals surface area contributed by atoms with Gasteiger partial charge in [0, 0.05) is 49.1 Å². The van der Waals surface area contributed by atoms with Gasteiger partial charge in [-0.05, 0) is 56.5 Å². The second-order valence-corrected chi connectivity index (χ2v) is 13.4. The summed E-state index contributed by atoms with van der Waals surface area (Å²) in [5.74, 6) is 1.20. The zero-order valence-electron chi connectivity index (χ0n) is 27.0. The summed E-state index contributed by atoms with van der Waals surface area (Å²) in [5, 5.41) is 14.2. The van der Waals surface area contributed by atoms with Crippen molar-refractivity contribution in [3.63, 3.8) is 0 Å². The van der Waals surface area contributed by atoms with E-state index in [1.807, 2.05) is 44.5 Å². The number of ether oxygens (including phenoxy) is 1. The van der Waals surface area contributed by atoms with Crippen molar-refractivity contribution in [2.75, 3.05) is 20.2 Å². The van der Waals surface area contributed by atoms with Crippen molar-refractivity contribution in [1.29, 1.82) is 0 Å². The molecule has 1 aromatic carbocycles. The number of aliphatic hydroxyl groups is 1. The molecule has 11 nitrogen and oxygen atoms in total. The number of benzene rings is 1. The number of fused-ring (bicyclic) bond motifs is 2. The third-order valence-electron chi connectivity index (χ3n) is 9.64. The molecule has 2 bridgehead atoms. The predicted octanol–water partition coefficient (Wildman–Crippen LogP) is 4.30. The summed E-state index contributed by atoms with van der Waals surface area (Å²) in [5.41, 5.74) is 10.2. The van der Waals surface area contributed by atoms with Gasteiger partial charge >= 0.3 is 0 Å². The lowest BCUT2D eigenvalue weighted by atomic mass is 9.85. The van der Waals surface area contributed by atoms with Crippen molar-refractivity contribution in [3.8, 4) is 17.3 Å². The normalized spacial score (nSPS) is 22.9. The Morgan fingerprint density at radius 3 is 2.64 bits per heavy atom. The second kappa shape index (κ2) is 12.1. The Balaban J connectivity index is 1.42. The van der Waals surface area contributed by atoms with Gasteiger partial charge in [-0.1, -0.05) is 33.1 Å². The van der Waals surface area contributed by atoms with Crippen LogP contribution in [0.25, 0.3) is 33.6 Å². The molecule has 0 radical (unpaired) electrons. The van der Waals surface area contributed by atoms with E-state index < -0.39 is 17.6 Å². The van der Waals surface area contributed by atoms with Gasteiger partial charge in [-0.25, -0.2) is 9.97 Å². The highest BCUT2D eigenvalue weighted by Gasteiger charge is 2.31. The number of carbonyl (C=O) groups excluding carboxylic acids is 2. The topological polar surface area (TPSA) is 141 Å². The summed E-state index contributed by atoms with van der Waals surface area (Å²) in [6.07, 6.45) is 4.77. The number of piperidine rings is 1. The molecular weight excluding hydrogens is 570 g/mol. The van der Waals surface area contributed by atoms with Gasteiger partial charge in [-0.3, -0.25) is 9.59 Å². The molecule has 0 spiro atoms. The smallest absolute Gasteiger partial charge is 0.254 e. The van der Waals surface area contributed by atoms with E-state index in [0.29, 0.717) is 36.3 Å². The first-order chi connectivity index (χ1) is 21.5. The number of rotatable bonds is 3. The number of hydrogen-bond donors (Lipinski definition) is 3. The number of carbonyl (C=O) groups is 2. The zero-order valence-corrected chi connectivity index (χ0v) is 27.0. The SMILES string of the molecule is COc1cc(C(=O)N2CC[C@@H](O)[C@@H](N)C2)cc2nc(-c3cc4ccc5nc4n3CCCCCCC(C)(C)C(=O)N[C@@H]5C)n(C)c12. The van der Waals surface area contributed by atoms with Crippen LogP contribution in [-0.4, -0.2) is 73.3 Å². The Hall–Kier alpha value is -3.96. The van der Waals surface area contributed by atoms with Crippen molar-refractivity contribution < 1.29 is 19.4 Å². The van der Waals surface area contributed by atoms with Crippen molar-refractivity contribution in [1.82, 2.24) is 29.3 Å². The summed E-state index contributed by atoms with van der Waals surface area (Å²) in [4.78, 5) is 38.5. The molecular formula is C34H45N7O4. The molecule has 0 unspecified atom stereocenters. The Labute approximate surface area is 263 Å². The van der Waals surface area contributed by atoms with Crippen LogP contribution in [0.5, 0.6) is 5.75 Å². The van der Waals surface area contributed by atoms with Crippen LogP contribution in [0.15, 0.2) is 30.3 Å². The molecule has 6 rings (SSSR count). The zero-order chi connectivity index (χ0) is 32.0. The molecule has 11 heteroatoms. The Kier molecular flexibility index (Phi) is 8.34.